The summed E-state index contributed by atoms with van der Waals surface area (Å²) in [7, 11) is 0. The molecule has 1 aliphatic rings. The van der Waals surface area contributed by atoms with E-state index in [2.05, 4.69) is 5.32 Å². The van der Waals surface area contributed by atoms with Crippen molar-refractivity contribution in [3.8, 4) is 0 Å². The molecule has 2 aromatic carbocycles. The third-order valence-electron chi connectivity index (χ3n) is 5.11. The molecule has 1 unspecified atom stereocenters. The average Bonchev–Trinajstić information content (AvgIpc) is 3.17. The number of amides is 2. The molecule has 0 spiro atoms. The lowest BCUT2D eigenvalue weighted by Gasteiger charge is -2.25. The average molecular weight is 419 g/mol. The van der Waals surface area contributed by atoms with Crippen molar-refractivity contribution in [2.24, 2.45) is 0 Å². The minimum atomic E-state index is -0.523. The molecule has 3 rings (SSSR count). The predicted octanol–water partition coefficient (Wildman–Crippen LogP) is 4.36. The normalized spacial score (nSPS) is 15.9. The van der Waals surface area contributed by atoms with E-state index >= 15 is 0 Å². The van der Waals surface area contributed by atoms with Crippen molar-refractivity contribution in [1.29, 1.82) is 0 Å². The van der Waals surface area contributed by atoms with Crippen LogP contribution in [-0.2, 0) is 9.53 Å². The third kappa shape index (κ3) is 5.34. The van der Waals surface area contributed by atoms with Gasteiger partial charge in [0.1, 0.15) is 12.4 Å². The SMILES string of the molecule is Cc1cccc(NC(=O)CN(CC2CCCO2)C(=O)c2ccc(F)cc2Cl)c1C. The Morgan fingerprint density at radius 1 is 1.28 bits per heavy atom. The third-order valence-corrected chi connectivity index (χ3v) is 5.42. The van der Waals surface area contributed by atoms with E-state index in [0.29, 0.717) is 12.3 Å². The fourth-order valence-electron chi connectivity index (χ4n) is 3.34. The molecule has 2 amide bonds. The van der Waals surface area contributed by atoms with Crippen molar-refractivity contribution in [2.45, 2.75) is 32.8 Å². The second-order valence-corrected chi connectivity index (χ2v) is 7.65. The Labute approximate surface area is 174 Å². The van der Waals surface area contributed by atoms with Gasteiger partial charge in [-0.25, -0.2) is 4.39 Å². The summed E-state index contributed by atoms with van der Waals surface area (Å²) < 4.78 is 19.0. The van der Waals surface area contributed by atoms with Crippen LogP contribution in [-0.4, -0.2) is 42.5 Å². The summed E-state index contributed by atoms with van der Waals surface area (Å²) in [6.45, 7) is 4.65. The minimum absolute atomic E-state index is 0.0160. The summed E-state index contributed by atoms with van der Waals surface area (Å²) in [6, 6.07) is 9.27. The van der Waals surface area contributed by atoms with E-state index in [1.807, 2.05) is 32.0 Å². The predicted molar refractivity (Wildman–Crippen MR) is 111 cm³/mol. The largest absolute Gasteiger partial charge is 0.376 e. The first-order chi connectivity index (χ1) is 13.8. The van der Waals surface area contributed by atoms with Crippen LogP contribution in [0.2, 0.25) is 5.02 Å². The molecule has 7 heteroatoms. The van der Waals surface area contributed by atoms with Crippen LogP contribution in [0.15, 0.2) is 36.4 Å². The number of nitrogens with zero attached hydrogens (tertiary/aromatic N) is 1. The van der Waals surface area contributed by atoms with Crippen molar-refractivity contribution in [3.05, 3.63) is 63.9 Å². The molecule has 0 radical (unpaired) electrons. The smallest absolute Gasteiger partial charge is 0.255 e. The molecule has 1 heterocycles. The Hall–Kier alpha value is -2.44. The fourth-order valence-corrected chi connectivity index (χ4v) is 3.58. The zero-order valence-electron chi connectivity index (χ0n) is 16.5. The number of anilines is 1. The summed E-state index contributed by atoms with van der Waals surface area (Å²) >= 11 is 6.07. The molecule has 1 saturated heterocycles. The highest BCUT2D eigenvalue weighted by Gasteiger charge is 2.26. The van der Waals surface area contributed by atoms with Crippen LogP contribution in [0, 0.1) is 19.7 Å². The fraction of sp³-hybridized carbons (Fsp3) is 0.364. The molecule has 2 aromatic rings. The number of benzene rings is 2. The van der Waals surface area contributed by atoms with Crippen molar-refractivity contribution >= 4 is 29.1 Å². The maximum absolute atomic E-state index is 13.4. The van der Waals surface area contributed by atoms with Gasteiger partial charge >= 0.3 is 0 Å². The van der Waals surface area contributed by atoms with E-state index < -0.39 is 11.7 Å². The van der Waals surface area contributed by atoms with E-state index in [9.17, 15) is 14.0 Å². The molecule has 29 heavy (non-hydrogen) atoms. The number of hydrogen-bond acceptors (Lipinski definition) is 3. The molecular formula is C22H24ClFN2O3. The first kappa shape index (κ1) is 21.3. The number of ether oxygens (including phenoxy) is 1. The number of carbonyl (C=O) groups excluding carboxylic acids is 2. The van der Waals surface area contributed by atoms with Crippen LogP contribution in [0.1, 0.15) is 34.3 Å². The van der Waals surface area contributed by atoms with Gasteiger partial charge in [0.05, 0.1) is 16.7 Å². The van der Waals surface area contributed by atoms with Crippen molar-refractivity contribution in [1.82, 2.24) is 4.90 Å². The summed E-state index contributed by atoms with van der Waals surface area (Å²) in [4.78, 5) is 27.2. The summed E-state index contributed by atoms with van der Waals surface area (Å²) in [5.41, 5.74) is 2.90. The lowest BCUT2D eigenvalue weighted by molar-refractivity contribution is -0.117. The molecule has 1 fully saturated rings. The van der Waals surface area contributed by atoms with E-state index in [1.54, 1.807) is 0 Å². The highest BCUT2D eigenvalue weighted by molar-refractivity contribution is 6.33. The van der Waals surface area contributed by atoms with E-state index in [0.717, 1.165) is 30.0 Å². The Kier molecular flexibility index (Phi) is 6.87. The highest BCUT2D eigenvalue weighted by Crippen LogP contribution is 2.22. The highest BCUT2D eigenvalue weighted by atomic mass is 35.5. The number of carbonyl (C=O) groups is 2. The van der Waals surface area contributed by atoms with Gasteiger partial charge in [-0.05, 0) is 62.1 Å². The van der Waals surface area contributed by atoms with Gasteiger partial charge in [-0.1, -0.05) is 23.7 Å². The Morgan fingerprint density at radius 3 is 2.76 bits per heavy atom. The Morgan fingerprint density at radius 2 is 2.07 bits per heavy atom. The van der Waals surface area contributed by atoms with Gasteiger partial charge in [0, 0.05) is 18.8 Å². The van der Waals surface area contributed by atoms with Crippen LogP contribution in [0.3, 0.4) is 0 Å². The van der Waals surface area contributed by atoms with Gasteiger partial charge in [0.2, 0.25) is 5.91 Å². The molecule has 0 aliphatic carbocycles. The van der Waals surface area contributed by atoms with Crippen molar-refractivity contribution < 1.29 is 18.7 Å². The van der Waals surface area contributed by atoms with Crippen LogP contribution in [0.25, 0.3) is 0 Å². The van der Waals surface area contributed by atoms with Crippen LogP contribution >= 0.6 is 11.6 Å². The summed E-state index contributed by atoms with van der Waals surface area (Å²) in [5.74, 6) is -1.27. The monoisotopic (exact) mass is 418 g/mol. The number of rotatable bonds is 6. The second-order valence-electron chi connectivity index (χ2n) is 7.24. The number of nitrogens with one attached hydrogen (secondary N) is 1. The summed E-state index contributed by atoms with van der Waals surface area (Å²) in [6.07, 6.45) is 1.60. The Bertz CT molecular complexity index is 913. The first-order valence-corrected chi connectivity index (χ1v) is 9.95. The standard InChI is InChI=1S/C22H24ClFN2O3/c1-14-5-3-7-20(15(14)2)25-21(27)13-26(12-17-6-4-10-29-17)22(28)18-9-8-16(24)11-19(18)23/h3,5,7-9,11,17H,4,6,10,12-13H2,1-2H3,(H,25,27). The van der Waals surface area contributed by atoms with E-state index in [4.69, 9.17) is 16.3 Å². The zero-order valence-corrected chi connectivity index (χ0v) is 17.3. The van der Waals surface area contributed by atoms with Crippen LogP contribution < -0.4 is 5.32 Å². The van der Waals surface area contributed by atoms with Crippen LogP contribution in [0.5, 0.6) is 0 Å². The quantitative estimate of drug-likeness (QED) is 0.758. The zero-order chi connectivity index (χ0) is 21.0. The van der Waals surface area contributed by atoms with E-state index in [-0.39, 0.29) is 35.7 Å². The van der Waals surface area contributed by atoms with Crippen molar-refractivity contribution in [2.75, 3.05) is 25.0 Å². The molecule has 1 N–H and O–H groups in total. The second kappa shape index (κ2) is 9.37. The molecule has 5 nitrogen and oxygen atoms in total. The molecular weight excluding hydrogens is 395 g/mol. The maximum Gasteiger partial charge on any atom is 0.255 e. The minimum Gasteiger partial charge on any atom is -0.376 e. The van der Waals surface area contributed by atoms with Gasteiger partial charge in [0.25, 0.3) is 5.91 Å². The molecule has 1 atom stereocenters. The Balaban J connectivity index is 1.78. The van der Waals surface area contributed by atoms with Crippen molar-refractivity contribution in [3.63, 3.8) is 0 Å². The lowest BCUT2D eigenvalue weighted by atomic mass is 10.1. The lowest BCUT2D eigenvalue weighted by Crippen LogP contribution is -2.42. The molecule has 1 aliphatic heterocycles. The number of hydrogen-bond donors (Lipinski definition) is 1. The molecule has 0 bridgehead atoms. The van der Waals surface area contributed by atoms with Crippen LogP contribution in [0.4, 0.5) is 10.1 Å². The van der Waals surface area contributed by atoms with Gasteiger partial charge in [0.15, 0.2) is 0 Å². The number of halogens is 2. The van der Waals surface area contributed by atoms with Gasteiger partial charge in [-0.15, -0.1) is 0 Å². The molecule has 154 valence electrons. The maximum atomic E-state index is 13.4. The number of aryl methyl sites for hydroxylation is 1. The molecule has 0 aromatic heterocycles. The summed E-state index contributed by atoms with van der Waals surface area (Å²) in [5, 5.41) is 2.89. The van der Waals surface area contributed by atoms with Gasteiger partial charge in [-0.3, -0.25) is 9.59 Å². The first-order valence-electron chi connectivity index (χ1n) is 9.57. The topological polar surface area (TPSA) is 58.6 Å². The van der Waals surface area contributed by atoms with Gasteiger partial charge < -0.3 is 15.0 Å². The van der Waals surface area contributed by atoms with Gasteiger partial charge in [-0.2, -0.15) is 0 Å². The van der Waals surface area contributed by atoms with E-state index in [1.165, 1.54) is 17.0 Å². The molecule has 0 saturated carbocycles.